The van der Waals surface area contributed by atoms with Crippen LogP contribution in [0, 0.1) is 6.92 Å². The third-order valence-electron chi connectivity index (χ3n) is 2.68. The molecule has 1 heterocycles. The SMILES string of the molecule is Cc1ccc(N(C)Cc2ccco2)cc1N. The number of hydrogen-bond donors (Lipinski definition) is 1. The van der Waals surface area contributed by atoms with E-state index in [1.165, 1.54) is 0 Å². The number of anilines is 2. The summed E-state index contributed by atoms with van der Waals surface area (Å²) in [6, 6.07) is 9.94. The molecule has 0 spiro atoms. The molecule has 3 heteroatoms. The first-order chi connectivity index (χ1) is 7.66. The van der Waals surface area contributed by atoms with Gasteiger partial charge in [-0.05, 0) is 36.8 Å². The lowest BCUT2D eigenvalue weighted by molar-refractivity contribution is 0.507. The van der Waals surface area contributed by atoms with E-state index in [0.29, 0.717) is 0 Å². The number of furan rings is 1. The predicted octanol–water partition coefficient (Wildman–Crippen LogP) is 2.81. The summed E-state index contributed by atoms with van der Waals surface area (Å²) in [5.41, 5.74) is 8.91. The standard InChI is InChI=1S/C13H16N2O/c1-10-5-6-11(8-13(10)14)15(2)9-12-4-3-7-16-12/h3-8H,9,14H2,1-2H3. The lowest BCUT2D eigenvalue weighted by atomic mass is 10.2. The molecular weight excluding hydrogens is 200 g/mol. The first-order valence-electron chi connectivity index (χ1n) is 5.26. The molecule has 3 nitrogen and oxygen atoms in total. The van der Waals surface area contributed by atoms with Gasteiger partial charge in [-0.25, -0.2) is 0 Å². The van der Waals surface area contributed by atoms with Crippen LogP contribution in [-0.4, -0.2) is 7.05 Å². The van der Waals surface area contributed by atoms with E-state index in [2.05, 4.69) is 11.0 Å². The molecule has 0 saturated heterocycles. The number of aryl methyl sites for hydroxylation is 1. The molecule has 0 radical (unpaired) electrons. The average Bonchev–Trinajstić information content (AvgIpc) is 2.74. The van der Waals surface area contributed by atoms with E-state index in [0.717, 1.165) is 29.2 Å². The van der Waals surface area contributed by atoms with Crippen LogP contribution >= 0.6 is 0 Å². The first-order valence-corrected chi connectivity index (χ1v) is 5.26. The van der Waals surface area contributed by atoms with Crippen molar-refractivity contribution < 1.29 is 4.42 Å². The second-order valence-electron chi connectivity index (χ2n) is 3.98. The molecule has 0 unspecified atom stereocenters. The van der Waals surface area contributed by atoms with Crippen LogP contribution in [0.4, 0.5) is 11.4 Å². The van der Waals surface area contributed by atoms with Crippen LogP contribution < -0.4 is 10.6 Å². The number of rotatable bonds is 3. The quantitative estimate of drug-likeness (QED) is 0.802. The van der Waals surface area contributed by atoms with Gasteiger partial charge in [0.2, 0.25) is 0 Å². The molecule has 2 N–H and O–H groups in total. The van der Waals surface area contributed by atoms with Crippen LogP contribution in [0.2, 0.25) is 0 Å². The Morgan fingerprint density at radius 3 is 2.75 bits per heavy atom. The van der Waals surface area contributed by atoms with Crippen molar-refractivity contribution in [3.63, 3.8) is 0 Å². The summed E-state index contributed by atoms with van der Waals surface area (Å²) < 4.78 is 5.31. The minimum atomic E-state index is 0.746. The monoisotopic (exact) mass is 216 g/mol. The molecule has 0 aliphatic carbocycles. The van der Waals surface area contributed by atoms with E-state index in [9.17, 15) is 0 Å². The highest BCUT2D eigenvalue weighted by atomic mass is 16.3. The average molecular weight is 216 g/mol. The van der Waals surface area contributed by atoms with Crippen molar-refractivity contribution in [2.24, 2.45) is 0 Å². The van der Waals surface area contributed by atoms with Gasteiger partial charge in [-0.3, -0.25) is 0 Å². The lowest BCUT2D eigenvalue weighted by Crippen LogP contribution is -2.16. The van der Waals surface area contributed by atoms with Gasteiger partial charge in [0.15, 0.2) is 0 Å². The molecule has 0 atom stereocenters. The molecule has 0 aliphatic rings. The number of hydrogen-bond acceptors (Lipinski definition) is 3. The fourth-order valence-electron chi connectivity index (χ4n) is 1.59. The smallest absolute Gasteiger partial charge is 0.123 e. The summed E-state index contributed by atoms with van der Waals surface area (Å²) in [5, 5.41) is 0. The maximum atomic E-state index is 5.88. The number of nitrogen functional groups attached to an aromatic ring is 1. The maximum absolute atomic E-state index is 5.88. The van der Waals surface area contributed by atoms with E-state index < -0.39 is 0 Å². The van der Waals surface area contributed by atoms with Gasteiger partial charge in [0.05, 0.1) is 12.8 Å². The molecule has 2 aromatic rings. The molecule has 2 rings (SSSR count). The molecule has 0 amide bonds. The van der Waals surface area contributed by atoms with Gasteiger partial charge >= 0.3 is 0 Å². The van der Waals surface area contributed by atoms with Crippen LogP contribution in [0.5, 0.6) is 0 Å². The fraction of sp³-hybridized carbons (Fsp3) is 0.231. The zero-order chi connectivity index (χ0) is 11.5. The number of benzene rings is 1. The van der Waals surface area contributed by atoms with Crippen molar-refractivity contribution in [1.29, 1.82) is 0 Å². The lowest BCUT2D eigenvalue weighted by Gasteiger charge is -2.18. The van der Waals surface area contributed by atoms with Gasteiger partial charge in [-0.15, -0.1) is 0 Å². The second kappa shape index (κ2) is 4.31. The van der Waals surface area contributed by atoms with Crippen LogP contribution in [0.15, 0.2) is 41.0 Å². The van der Waals surface area contributed by atoms with Crippen molar-refractivity contribution in [3.05, 3.63) is 47.9 Å². The van der Waals surface area contributed by atoms with Crippen molar-refractivity contribution in [2.75, 3.05) is 17.7 Å². The first kappa shape index (κ1) is 10.6. The molecule has 0 fully saturated rings. The highest BCUT2D eigenvalue weighted by molar-refractivity contribution is 5.59. The molecule has 84 valence electrons. The topological polar surface area (TPSA) is 42.4 Å². The van der Waals surface area contributed by atoms with Crippen molar-refractivity contribution in [3.8, 4) is 0 Å². The normalized spacial score (nSPS) is 10.4. The number of nitrogens with zero attached hydrogens (tertiary/aromatic N) is 1. The largest absolute Gasteiger partial charge is 0.467 e. The van der Waals surface area contributed by atoms with Crippen molar-refractivity contribution >= 4 is 11.4 Å². The van der Waals surface area contributed by atoms with E-state index in [-0.39, 0.29) is 0 Å². The van der Waals surface area contributed by atoms with E-state index in [1.807, 2.05) is 38.2 Å². The summed E-state index contributed by atoms with van der Waals surface area (Å²) in [6.45, 7) is 2.75. The Hall–Kier alpha value is -1.90. The summed E-state index contributed by atoms with van der Waals surface area (Å²) >= 11 is 0. The van der Waals surface area contributed by atoms with Crippen molar-refractivity contribution in [2.45, 2.75) is 13.5 Å². The minimum absolute atomic E-state index is 0.746. The summed E-state index contributed by atoms with van der Waals surface area (Å²) in [4.78, 5) is 2.11. The molecule has 0 aliphatic heterocycles. The van der Waals surface area contributed by atoms with E-state index in [1.54, 1.807) is 6.26 Å². The molecule has 16 heavy (non-hydrogen) atoms. The van der Waals surface area contributed by atoms with Crippen LogP contribution in [0.3, 0.4) is 0 Å². The molecule has 1 aromatic carbocycles. The van der Waals surface area contributed by atoms with Gasteiger partial charge in [-0.1, -0.05) is 6.07 Å². The van der Waals surface area contributed by atoms with Crippen LogP contribution in [0.25, 0.3) is 0 Å². The highest BCUT2D eigenvalue weighted by Crippen LogP contribution is 2.21. The highest BCUT2D eigenvalue weighted by Gasteiger charge is 2.05. The third kappa shape index (κ3) is 2.19. The third-order valence-corrected chi connectivity index (χ3v) is 2.68. The summed E-state index contributed by atoms with van der Waals surface area (Å²) in [6.07, 6.45) is 1.69. The Labute approximate surface area is 95.5 Å². The fourth-order valence-corrected chi connectivity index (χ4v) is 1.59. The molecular formula is C13H16N2O. The maximum Gasteiger partial charge on any atom is 0.123 e. The summed E-state index contributed by atoms with van der Waals surface area (Å²) in [7, 11) is 2.02. The molecule has 1 aromatic heterocycles. The van der Waals surface area contributed by atoms with Gasteiger partial charge < -0.3 is 15.1 Å². The minimum Gasteiger partial charge on any atom is -0.467 e. The Morgan fingerprint density at radius 1 is 1.31 bits per heavy atom. The predicted molar refractivity (Wildman–Crippen MR) is 66.4 cm³/mol. The van der Waals surface area contributed by atoms with Crippen LogP contribution in [-0.2, 0) is 6.54 Å². The Bertz CT molecular complexity index is 463. The van der Waals surface area contributed by atoms with Gasteiger partial charge in [0.1, 0.15) is 5.76 Å². The Kier molecular flexibility index (Phi) is 2.86. The Balaban J connectivity index is 2.14. The second-order valence-corrected chi connectivity index (χ2v) is 3.98. The van der Waals surface area contributed by atoms with E-state index >= 15 is 0 Å². The van der Waals surface area contributed by atoms with E-state index in [4.69, 9.17) is 10.2 Å². The zero-order valence-corrected chi connectivity index (χ0v) is 9.60. The Morgan fingerprint density at radius 2 is 2.12 bits per heavy atom. The molecule has 0 saturated carbocycles. The van der Waals surface area contributed by atoms with Gasteiger partial charge in [0.25, 0.3) is 0 Å². The summed E-state index contributed by atoms with van der Waals surface area (Å²) in [5.74, 6) is 0.946. The molecule has 0 bridgehead atoms. The number of nitrogens with two attached hydrogens (primary N) is 1. The van der Waals surface area contributed by atoms with Crippen molar-refractivity contribution in [1.82, 2.24) is 0 Å². The van der Waals surface area contributed by atoms with Gasteiger partial charge in [-0.2, -0.15) is 0 Å². The van der Waals surface area contributed by atoms with Gasteiger partial charge in [0, 0.05) is 18.4 Å². The van der Waals surface area contributed by atoms with Crippen LogP contribution in [0.1, 0.15) is 11.3 Å². The zero-order valence-electron chi connectivity index (χ0n) is 9.60.